The third-order valence-corrected chi connectivity index (χ3v) is 5.53. The minimum Gasteiger partial charge on any atom is -0.510 e. The molecule has 3 aromatic rings. The van der Waals surface area contributed by atoms with Gasteiger partial charge in [0.15, 0.2) is 0 Å². The summed E-state index contributed by atoms with van der Waals surface area (Å²) in [4.78, 5) is 6.37. The van der Waals surface area contributed by atoms with Crippen molar-refractivity contribution >= 4 is 40.0 Å². The summed E-state index contributed by atoms with van der Waals surface area (Å²) in [6, 6.07) is 15.0. The lowest BCUT2D eigenvalue weighted by Crippen LogP contribution is -2.26. The van der Waals surface area contributed by atoms with Crippen LogP contribution in [0.3, 0.4) is 0 Å². The molecule has 0 spiro atoms. The number of para-hydroxylation sites is 2. The third-order valence-electron chi connectivity index (χ3n) is 4.42. The summed E-state index contributed by atoms with van der Waals surface area (Å²) in [6.45, 7) is 2.66. The first kappa shape index (κ1) is 18.5. The van der Waals surface area contributed by atoms with E-state index in [9.17, 15) is 5.11 Å². The number of ether oxygens (including phenoxy) is 1. The number of thiazole rings is 1. The van der Waals surface area contributed by atoms with Crippen molar-refractivity contribution < 1.29 is 9.84 Å². The van der Waals surface area contributed by atoms with Crippen LogP contribution in [0.5, 0.6) is 5.75 Å². The Hall–Kier alpha value is -2.83. The molecule has 1 aromatic heterocycles. The Morgan fingerprint density at radius 3 is 2.71 bits per heavy atom. The number of aliphatic hydroxyl groups is 1. The van der Waals surface area contributed by atoms with Crippen LogP contribution in [0, 0.1) is 5.41 Å². The highest BCUT2D eigenvalue weighted by Crippen LogP contribution is 2.37. The summed E-state index contributed by atoms with van der Waals surface area (Å²) in [6.07, 6.45) is 0. The van der Waals surface area contributed by atoms with Crippen LogP contribution in [0.15, 0.2) is 59.7 Å². The number of rotatable bonds is 5. The van der Waals surface area contributed by atoms with Gasteiger partial charge in [-0.3, -0.25) is 5.41 Å². The van der Waals surface area contributed by atoms with Crippen molar-refractivity contribution in [3.63, 3.8) is 0 Å². The van der Waals surface area contributed by atoms with Gasteiger partial charge in [-0.15, -0.1) is 11.3 Å². The molecule has 2 N–H and O–H groups in total. The highest BCUT2D eigenvalue weighted by Gasteiger charge is 2.32. The van der Waals surface area contributed by atoms with E-state index in [0.29, 0.717) is 28.0 Å². The average molecular weight is 412 g/mol. The van der Waals surface area contributed by atoms with Crippen molar-refractivity contribution in [1.29, 1.82) is 5.41 Å². The van der Waals surface area contributed by atoms with Crippen molar-refractivity contribution in [3.05, 3.63) is 69.7 Å². The standard InChI is InChI=1S/C21H18ClN3O2S/c1-2-27-18-6-4-3-5-16(18)25-11-17(26)19(20(25)23)21-24-15(12-28-21)13-7-9-14(22)10-8-13/h3-10,12,23,26H,2,11H2,1H3. The number of anilines is 1. The molecule has 0 atom stereocenters. The Bertz CT molecular complexity index is 1060. The van der Waals surface area contributed by atoms with Gasteiger partial charge in [-0.1, -0.05) is 35.9 Å². The zero-order valence-electron chi connectivity index (χ0n) is 15.1. The van der Waals surface area contributed by atoms with E-state index in [1.54, 1.807) is 4.90 Å². The molecule has 4 rings (SSSR count). The summed E-state index contributed by atoms with van der Waals surface area (Å²) in [5.41, 5.74) is 2.94. The molecule has 0 saturated carbocycles. The molecule has 0 saturated heterocycles. The summed E-state index contributed by atoms with van der Waals surface area (Å²) >= 11 is 7.36. The Morgan fingerprint density at radius 1 is 1.21 bits per heavy atom. The number of hydrogen-bond acceptors (Lipinski definition) is 5. The van der Waals surface area contributed by atoms with Crippen LogP contribution >= 0.6 is 22.9 Å². The Labute approximate surface area is 172 Å². The van der Waals surface area contributed by atoms with Crippen LogP contribution in [0.2, 0.25) is 5.02 Å². The second kappa shape index (κ2) is 7.66. The highest BCUT2D eigenvalue weighted by atomic mass is 35.5. The molecule has 2 aromatic carbocycles. The van der Waals surface area contributed by atoms with Gasteiger partial charge in [0.25, 0.3) is 0 Å². The van der Waals surface area contributed by atoms with Gasteiger partial charge in [0.05, 0.1) is 30.1 Å². The van der Waals surface area contributed by atoms with Crippen LogP contribution in [0.1, 0.15) is 11.9 Å². The maximum Gasteiger partial charge on any atom is 0.142 e. The number of aliphatic hydroxyl groups excluding tert-OH is 1. The Kier molecular flexibility index (Phi) is 5.07. The van der Waals surface area contributed by atoms with Gasteiger partial charge in [0.2, 0.25) is 0 Å². The summed E-state index contributed by atoms with van der Waals surface area (Å²) in [7, 11) is 0. The first-order valence-corrected chi connectivity index (χ1v) is 10.1. The van der Waals surface area contributed by atoms with Gasteiger partial charge in [-0.25, -0.2) is 4.98 Å². The molecular weight excluding hydrogens is 394 g/mol. The molecule has 0 radical (unpaired) electrons. The molecule has 0 fully saturated rings. The molecule has 1 aliphatic rings. The maximum atomic E-state index is 10.6. The molecule has 7 heteroatoms. The van der Waals surface area contributed by atoms with E-state index >= 15 is 0 Å². The zero-order valence-corrected chi connectivity index (χ0v) is 16.7. The molecule has 5 nitrogen and oxygen atoms in total. The highest BCUT2D eigenvalue weighted by molar-refractivity contribution is 7.11. The lowest BCUT2D eigenvalue weighted by atomic mass is 10.2. The first-order chi connectivity index (χ1) is 13.6. The van der Waals surface area contributed by atoms with Crippen molar-refractivity contribution in [2.75, 3.05) is 18.1 Å². The van der Waals surface area contributed by atoms with Gasteiger partial charge in [-0.05, 0) is 31.2 Å². The number of amidine groups is 1. The minimum atomic E-state index is 0.133. The molecular formula is C21H18ClN3O2S. The number of halogens is 1. The number of benzene rings is 2. The van der Waals surface area contributed by atoms with Gasteiger partial charge >= 0.3 is 0 Å². The number of nitrogens with zero attached hydrogens (tertiary/aromatic N) is 2. The molecule has 0 amide bonds. The van der Waals surface area contributed by atoms with Crippen LogP contribution in [0.25, 0.3) is 16.8 Å². The van der Waals surface area contributed by atoms with Crippen molar-refractivity contribution in [2.24, 2.45) is 0 Å². The lowest BCUT2D eigenvalue weighted by molar-refractivity contribution is 0.341. The fraction of sp³-hybridized carbons (Fsp3) is 0.143. The smallest absolute Gasteiger partial charge is 0.142 e. The van der Waals surface area contributed by atoms with Crippen molar-refractivity contribution in [3.8, 4) is 17.0 Å². The molecule has 2 heterocycles. The topological polar surface area (TPSA) is 69.4 Å². The van der Waals surface area contributed by atoms with Crippen LogP contribution < -0.4 is 9.64 Å². The van der Waals surface area contributed by atoms with Gasteiger partial charge in [0, 0.05) is 16.0 Å². The summed E-state index contributed by atoms with van der Waals surface area (Å²) in [5.74, 6) is 1.03. The molecule has 0 bridgehead atoms. The predicted molar refractivity (Wildman–Crippen MR) is 115 cm³/mol. The summed E-state index contributed by atoms with van der Waals surface area (Å²) in [5, 5.41) is 22.4. The van der Waals surface area contributed by atoms with Crippen LogP contribution in [0.4, 0.5) is 5.69 Å². The zero-order chi connectivity index (χ0) is 19.7. The normalized spacial score (nSPS) is 14.1. The lowest BCUT2D eigenvalue weighted by Gasteiger charge is -2.21. The minimum absolute atomic E-state index is 0.133. The average Bonchev–Trinajstić information content (AvgIpc) is 3.27. The predicted octanol–water partition coefficient (Wildman–Crippen LogP) is 5.63. The number of hydrogen-bond donors (Lipinski definition) is 2. The van der Waals surface area contributed by atoms with E-state index in [0.717, 1.165) is 16.9 Å². The van der Waals surface area contributed by atoms with Gasteiger partial charge < -0.3 is 14.7 Å². The maximum absolute atomic E-state index is 10.6. The number of aromatic nitrogens is 1. The van der Waals surface area contributed by atoms with Crippen LogP contribution in [-0.4, -0.2) is 29.1 Å². The van der Waals surface area contributed by atoms with Crippen molar-refractivity contribution in [1.82, 2.24) is 4.98 Å². The molecule has 1 aliphatic heterocycles. The SMILES string of the molecule is CCOc1ccccc1N1CC(O)=C(c2nc(-c3ccc(Cl)cc3)cs2)C1=N. The van der Waals surface area contributed by atoms with E-state index in [1.165, 1.54) is 11.3 Å². The van der Waals surface area contributed by atoms with E-state index in [-0.39, 0.29) is 18.1 Å². The second-order valence-corrected chi connectivity index (χ2v) is 7.50. The summed E-state index contributed by atoms with van der Waals surface area (Å²) < 4.78 is 5.68. The largest absolute Gasteiger partial charge is 0.510 e. The fourth-order valence-corrected chi connectivity index (χ4v) is 4.13. The first-order valence-electron chi connectivity index (χ1n) is 8.80. The second-order valence-electron chi connectivity index (χ2n) is 6.20. The molecule has 0 aliphatic carbocycles. The Morgan fingerprint density at radius 2 is 1.96 bits per heavy atom. The number of nitrogens with one attached hydrogen (secondary N) is 1. The van der Waals surface area contributed by atoms with Crippen LogP contribution in [-0.2, 0) is 0 Å². The monoisotopic (exact) mass is 411 g/mol. The van der Waals surface area contributed by atoms with E-state index in [4.69, 9.17) is 21.7 Å². The molecule has 0 unspecified atom stereocenters. The molecule has 28 heavy (non-hydrogen) atoms. The quantitative estimate of drug-likeness (QED) is 0.570. The van der Waals surface area contributed by atoms with Crippen molar-refractivity contribution in [2.45, 2.75) is 6.92 Å². The Balaban J connectivity index is 1.64. The van der Waals surface area contributed by atoms with E-state index in [1.807, 2.05) is 60.8 Å². The fourth-order valence-electron chi connectivity index (χ4n) is 3.11. The third kappa shape index (κ3) is 3.37. The van der Waals surface area contributed by atoms with E-state index in [2.05, 4.69) is 4.98 Å². The van der Waals surface area contributed by atoms with E-state index < -0.39 is 0 Å². The van der Waals surface area contributed by atoms with Gasteiger partial charge in [0.1, 0.15) is 22.4 Å². The van der Waals surface area contributed by atoms with Gasteiger partial charge in [-0.2, -0.15) is 0 Å². The molecule has 142 valence electrons.